The van der Waals surface area contributed by atoms with Crippen LogP contribution in [0, 0.1) is 5.92 Å². The van der Waals surface area contributed by atoms with Crippen LogP contribution in [0.25, 0.3) is 0 Å². The fourth-order valence-electron chi connectivity index (χ4n) is 2.55. The molecule has 1 aromatic carbocycles. The maximum atomic E-state index is 12.9. The summed E-state index contributed by atoms with van der Waals surface area (Å²) in [7, 11) is 0. The van der Waals surface area contributed by atoms with Crippen molar-refractivity contribution in [3.05, 3.63) is 35.4 Å². The predicted octanol–water partition coefficient (Wildman–Crippen LogP) is 4.63. The largest absolute Gasteiger partial charge is 0.406 e. The zero-order valence-corrected chi connectivity index (χ0v) is 12.2. The lowest BCUT2D eigenvalue weighted by molar-refractivity contribution is -0.167. The highest BCUT2D eigenvalue weighted by Gasteiger charge is 2.63. The first-order chi connectivity index (χ1) is 9.23. The van der Waals surface area contributed by atoms with Crippen molar-refractivity contribution in [3.63, 3.8) is 0 Å². The molecule has 0 heterocycles. The smallest absolute Gasteiger partial charge is 0.297 e. The average Bonchev–Trinajstić information content (AvgIpc) is 3.09. The highest BCUT2D eigenvalue weighted by atomic mass is 19.4. The third-order valence-electron chi connectivity index (χ3n) is 3.91. The van der Waals surface area contributed by atoms with Gasteiger partial charge in [0, 0.05) is 6.04 Å². The number of rotatable bonds is 5. The first-order valence-corrected chi connectivity index (χ1v) is 7.17. The number of hydrogen-bond donors (Lipinski definition) is 1. The lowest BCUT2D eigenvalue weighted by Crippen LogP contribution is -2.45. The second-order valence-corrected chi connectivity index (χ2v) is 6.29. The topological polar surface area (TPSA) is 12.0 Å². The molecule has 2 rings (SSSR count). The second kappa shape index (κ2) is 5.40. The minimum absolute atomic E-state index is 0.187. The number of nitrogens with one attached hydrogen (secondary N) is 1. The van der Waals surface area contributed by atoms with E-state index in [1.54, 1.807) is 6.92 Å². The molecule has 1 nitrogen and oxygen atoms in total. The van der Waals surface area contributed by atoms with E-state index in [1.165, 1.54) is 5.56 Å². The van der Waals surface area contributed by atoms with Crippen LogP contribution in [-0.4, -0.2) is 11.7 Å². The highest BCUT2D eigenvalue weighted by Crippen LogP contribution is 2.50. The molecule has 0 spiro atoms. The quantitative estimate of drug-likeness (QED) is 0.831. The van der Waals surface area contributed by atoms with Gasteiger partial charge in [-0.3, -0.25) is 5.32 Å². The summed E-state index contributed by atoms with van der Waals surface area (Å²) in [5.74, 6) is 0.580. The predicted molar refractivity (Wildman–Crippen MR) is 74.6 cm³/mol. The van der Waals surface area contributed by atoms with Gasteiger partial charge in [0.25, 0.3) is 0 Å². The van der Waals surface area contributed by atoms with Gasteiger partial charge in [-0.2, -0.15) is 13.2 Å². The SMILES string of the molecule is CC(C)Cc1ccc(C(C)NC2(C(F)(F)F)CC2)cc1. The van der Waals surface area contributed by atoms with Crippen molar-refractivity contribution in [1.82, 2.24) is 5.32 Å². The van der Waals surface area contributed by atoms with Gasteiger partial charge in [0.2, 0.25) is 0 Å². The third-order valence-corrected chi connectivity index (χ3v) is 3.91. The summed E-state index contributed by atoms with van der Waals surface area (Å²) in [5.41, 5.74) is 0.490. The third kappa shape index (κ3) is 3.35. The monoisotopic (exact) mass is 285 g/mol. The van der Waals surface area contributed by atoms with Crippen LogP contribution in [0.3, 0.4) is 0 Å². The Kier molecular flexibility index (Phi) is 4.14. The first-order valence-electron chi connectivity index (χ1n) is 7.17. The van der Waals surface area contributed by atoms with Crippen LogP contribution in [0.5, 0.6) is 0 Å². The van der Waals surface area contributed by atoms with Gasteiger partial charge in [0.15, 0.2) is 0 Å². The van der Waals surface area contributed by atoms with E-state index in [4.69, 9.17) is 0 Å². The molecule has 1 N–H and O–H groups in total. The van der Waals surface area contributed by atoms with E-state index in [1.807, 2.05) is 24.3 Å². The van der Waals surface area contributed by atoms with E-state index in [0.29, 0.717) is 5.92 Å². The van der Waals surface area contributed by atoms with Gasteiger partial charge in [-0.25, -0.2) is 0 Å². The van der Waals surface area contributed by atoms with E-state index in [2.05, 4.69) is 19.2 Å². The van der Waals surface area contributed by atoms with E-state index < -0.39 is 11.7 Å². The Morgan fingerprint density at radius 2 is 1.65 bits per heavy atom. The fraction of sp³-hybridized carbons (Fsp3) is 0.625. The first kappa shape index (κ1) is 15.4. The van der Waals surface area contributed by atoms with E-state index in [9.17, 15) is 13.2 Å². The maximum Gasteiger partial charge on any atom is 0.406 e. The Balaban J connectivity index is 2.01. The summed E-state index contributed by atoms with van der Waals surface area (Å²) >= 11 is 0. The molecule has 0 bridgehead atoms. The van der Waals surface area contributed by atoms with E-state index in [-0.39, 0.29) is 18.9 Å². The molecule has 1 aliphatic rings. The van der Waals surface area contributed by atoms with Crippen molar-refractivity contribution in [2.75, 3.05) is 0 Å². The molecule has 0 aliphatic heterocycles. The van der Waals surface area contributed by atoms with Gasteiger partial charge in [-0.05, 0) is 43.2 Å². The Hall–Kier alpha value is -1.03. The van der Waals surface area contributed by atoms with Crippen LogP contribution in [0.2, 0.25) is 0 Å². The molecular weight excluding hydrogens is 263 g/mol. The minimum Gasteiger partial charge on any atom is -0.297 e. The molecule has 112 valence electrons. The lowest BCUT2D eigenvalue weighted by Gasteiger charge is -2.25. The van der Waals surface area contributed by atoms with Crippen molar-refractivity contribution in [3.8, 4) is 0 Å². The van der Waals surface area contributed by atoms with Gasteiger partial charge in [0.05, 0.1) is 0 Å². The summed E-state index contributed by atoms with van der Waals surface area (Å²) in [6.45, 7) is 6.10. The molecule has 1 aliphatic carbocycles. The summed E-state index contributed by atoms with van der Waals surface area (Å²) in [5, 5.41) is 2.76. The summed E-state index contributed by atoms with van der Waals surface area (Å²) in [6, 6.07) is 7.61. The molecule has 0 amide bonds. The van der Waals surface area contributed by atoms with Gasteiger partial charge < -0.3 is 0 Å². The highest BCUT2D eigenvalue weighted by molar-refractivity contribution is 5.26. The molecule has 1 fully saturated rings. The molecule has 4 heteroatoms. The van der Waals surface area contributed by atoms with Crippen LogP contribution < -0.4 is 5.32 Å². The number of alkyl halides is 3. The molecular formula is C16H22F3N. The van der Waals surface area contributed by atoms with Crippen LogP contribution in [-0.2, 0) is 6.42 Å². The normalized spacial score (nSPS) is 19.1. The minimum atomic E-state index is -4.15. The summed E-state index contributed by atoms with van der Waals surface area (Å²) < 4.78 is 38.8. The zero-order valence-electron chi connectivity index (χ0n) is 12.2. The van der Waals surface area contributed by atoms with E-state index >= 15 is 0 Å². The number of hydrogen-bond acceptors (Lipinski definition) is 1. The summed E-state index contributed by atoms with van der Waals surface area (Å²) in [4.78, 5) is 0. The van der Waals surface area contributed by atoms with Crippen LogP contribution >= 0.6 is 0 Å². The van der Waals surface area contributed by atoms with Gasteiger partial charge >= 0.3 is 6.18 Å². The molecule has 1 atom stereocenters. The molecule has 1 saturated carbocycles. The second-order valence-electron chi connectivity index (χ2n) is 6.29. The molecule has 1 aromatic rings. The maximum absolute atomic E-state index is 12.9. The van der Waals surface area contributed by atoms with Crippen molar-refractivity contribution in [2.24, 2.45) is 5.92 Å². The standard InChI is InChI=1S/C16H22F3N/c1-11(2)10-13-4-6-14(7-5-13)12(3)20-15(8-9-15)16(17,18)19/h4-7,11-12,20H,8-10H2,1-3H3. The van der Waals surface area contributed by atoms with Gasteiger partial charge in [-0.15, -0.1) is 0 Å². The summed E-state index contributed by atoms with van der Waals surface area (Å²) in [6.07, 6.45) is -2.79. The van der Waals surface area contributed by atoms with Crippen molar-refractivity contribution < 1.29 is 13.2 Å². The van der Waals surface area contributed by atoms with E-state index in [0.717, 1.165) is 12.0 Å². The Labute approximate surface area is 118 Å². The Morgan fingerprint density at radius 3 is 2.05 bits per heavy atom. The zero-order chi connectivity index (χ0) is 15.0. The van der Waals surface area contributed by atoms with Gasteiger partial charge in [-0.1, -0.05) is 38.1 Å². The molecule has 1 unspecified atom stereocenters. The van der Waals surface area contributed by atoms with Crippen molar-refractivity contribution in [2.45, 2.75) is 57.8 Å². The average molecular weight is 285 g/mol. The molecule has 0 saturated heterocycles. The lowest BCUT2D eigenvalue weighted by atomic mass is 9.99. The van der Waals surface area contributed by atoms with Crippen LogP contribution in [0.15, 0.2) is 24.3 Å². The van der Waals surface area contributed by atoms with Gasteiger partial charge in [0.1, 0.15) is 5.54 Å². The molecule has 20 heavy (non-hydrogen) atoms. The fourth-order valence-corrected chi connectivity index (χ4v) is 2.55. The number of benzene rings is 1. The number of halogens is 3. The molecule has 0 aromatic heterocycles. The van der Waals surface area contributed by atoms with Crippen molar-refractivity contribution in [1.29, 1.82) is 0 Å². The Morgan fingerprint density at radius 1 is 1.10 bits per heavy atom. The van der Waals surface area contributed by atoms with Crippen LogP contribution in [0.4, 0.5) is 13.2 Å². The van der Waals surface area contributed by atoms with Crippen molar-refractivity contribution >= 4 is 0 Å². The van der Waals surface area contributed by atoms with Crippen LogP contribution in [0.1, 0.15) is 50.8 Å². The Bertz CT molecular complexity index is 444. The molecule has 0 radical (unpaired) electrons.